The summed E-state index contributed by atoms with van der Waals surface area (Å²) in [6.07, 6.45) is 0.163. The topological polar surface area (TPSA) is 81.4 Å². The zero-order valence-corrected chi connectivity index (χ0v) is 12.7. The Morgan fingerprint density at radius 2 is 1.86 bits per heavy atom. The molecule has 2 rings (SSSR count). The minimum absolute atomic E-state index is 0.163. The molecule has 0 heterocycles. The summed E-state index contributed by atoms with van der Waals surface area (Å²) in [5.74, 6) is -0.297. The Balaban J connectivity index is 2.15. The lowest BCUT2D eigenvalue weighted by atomic mass is 10.1. The second-order valence-corrected chi connectivity index (χ2v) is 5.08. The van der Waals surface area contributed by atoms with Crippen molar-refractivity contribution in [2.75, 3.05) is 12.4 Å². The highest BCUT2D eigenvalue weighted by Crippen LogP contribution is 2.23. The van der Waals surface area contributed by atoms with E-state index in [0.29, 0.717) is 22.0 Å². The molecule has 0 saturated heterocycles. The predicted octanol–water partition coefficient (Wildman–Crippen LogP) is 2.63. The number of amides is 2. The molecule has 0 saturated carbocycles. The lowest BCUT2D eigenvalue weighted by Crippen LogP contribution is -2.14. The van der Waals surface area contributed by atoms with Crippen LogP contribution in [-0.4, -0.2) is 18.9 Å². The molecule has 3 N–H and O–H groups in total. The van der Waals surface area contributed by atoms with Crippen molar-refractivity contribution in [3.63, 3.8) is 0 Å². The second kappa shape index (κ2) is 6.95. The maximum absolute atomic E-state index is 12.3. The van der Waals surface area contributed by atoms with Crippen LogP contribution in [0.15, 0.2) is 42.5 Å². The molecule has 2 amide bonds. The molecule has 0 aromatic heterocycles. The van der Waals surface area contributed by atoms with Crippen molar-refractivity contribution in [3.8, 4) is 5.75 Å². The van der Waals surface area contributed by atoms with E-state index in [1.165, 1.54) is 13.2 Å². The monoisotopic (exact) mass is 318 g/mol. The van der Waals surface area contributed by atoms with Crippen molar-refractivity contribution in [1.82, 2.24) is 0 Å². The van der Waals surface area contributed by atoms with E-state index in [0.717, 1.165) is 5.56 Å². The third-order valence-corrected chi connectivity index (χ3v) is 3.23. The van der Waals surface area contributed by atoms with Gasteiger partial charge in [-0.1, -0.05) is 23.7 Å². The molecule has 2 aromatic rings. The summed E-state index contributed by atoms with van der Waals surface area (Å²) in [7, 11) is 1.48. The van der Waals surface area contributed by atoms with Gasteiger partial charge in [-0.05, 0) is 35.9 Å². The summed E-state index contributed by atoms with van der Waals surface area (Å²) in [6.45, 7) is 0. The summed E-state index contributed by atoms with van der Waals surface area (Å²) >= 11 is 5.91. The highest BCUT2D eigenvalue weighted by molar-refractivity contribution is 6.31. The zero-order chi connectivity index (χ0) is 16.1. The molecule has 0 aliphatic heterocycles. The van der Waals surface area contributed by atoms with E-state index in [1.807, 2.05) is 0 Å². The number of carbonyl (C=O) groups excluding carboxylic acids is 2. The molecule has 0 spiro atoms. The Bertz CT molecular complexity index is 699. The SMILES string of the molecule is COc1ccc(Cl)cc1C(=O)Nc1ccc(CC(N)=O)cc1. The zero-order valence-electron chi connectivity index (χ0n) is 11.9. The fourth-order valence-electron chi connectivity index (χ4n) is 1.96. The Morgan fingerprint density at radius 1 is 1.18 bits per heavy atom. The van der Waals surface area contributed by atoms with Gasteiger partial charge in [0.1, 0.15) is 5.75 Å². The largest absolute Gasteiger partial charge is 0.496 e. The number of nitrogens with one attached hydrogen (secondary N) is 1. The maximum Gasteiger partial charge on any atom is 0.259 e. The Hall–Kier alpha value is -2.53. The van der Waals surface area contributed by atoms with Gasteiger partial charge < -0.3 is 15.8 Å². The highest BCUT2D eigenvalue weighted by Gasteiger charge is 2.13. The van der Waals surface area contributed by atoms with Gasteiger partial charge in [-0.3, -0.25) is 9.59 Å². The van der Waals surface area contributed by atoms with Crippen molar-refractivity contribution in [2.24, 2.45) is 5.73 Å². The van der Waals surface area contributed by atoms with Crippen LogP contribution in [0.3, 0.4) is 0 Å². The molecule has 0 unspecified atom stereocenters. The first-order valence-corrected chi connectivity index (χ1v) is 6.89. The molecule has 0 bridgehead atoms. The van der Waals surface area contributed by atoms with Gasteiger partial charge in [0.25, 0.3) is 5.91 Å². The van der Waals surface area contributed by atoms with E-state index in [2.05, 4.69) is 5.32 Å². The van der Waals surface area contributed by atoms with E-state index in [-0.39, 0.29) is 12.3 Å². The van der Waals surface area contributed by atoms with Gasteiger partial charge in [0.15, 0.2) is 0 Å². The number of carbonyl (C=O) groups is 2. The third kappa shape index (κ3) is 3.99. The van der Waals surface area contributed by atoms with Gasteiger partial charge >= 0.3 is 0 Å². The molecule has 0 atom stereocenters. The van der Waals surface area contributed by atoms with Crippen molar-refractivity contribution in [3.05, 3.63) is 58.6 Å². The Morgan fingerprint density at radius 3 is 2.45 bits per heavy atom. The number of benzene rings is 2. The van der Waals surface area contributed by atoms with Crippen molar-refractivity contribution in [1.29, 1.82) is 0 Å². The first kappa shape index (κ1) is 15.9. The quantitative estimate of drug-likeness (QED) is 0.889. The number of hydrogen-bond acceptors (Lipinski definition) is 3. The standard InChI is InChI=1S/C16H15ClN2O3/c1-22-14-7-4-11(17)9-13(14)16(21)19-12-5-2-10(3-6-12)8-15(18)20/h2-7,9H,8H2,1H3,(H2,18,20)(H,19,21). The van der Waals surface area contributed by atoms with Crippen LogP contribution >= 0.6 is 11.6 Å². The van der Waals surface area contributed by atoms with E-state index in [4.69, 9.17) is 22.1 Å². The van der Waals surface area contributed by atoms with Crippen LogP contribution in [0.25, 0.3) is 0 Å². The molecule has 5 nitrogen and oxygen atoms in total. The minimum atomic E-state index is -0.402. The number of anilines is 1. The highest BCUT2D eigenvalue weighted by atomic mass is 35.5. The first-order chi connectivity index (χ1) is 10.5. The average Bonchev–Trinajstić information content (AvgIpc) is 2.48. The van der Waals surface area contributed by atoms with Crippen LogP contribution in [0.2, 0.25) is 5.02 Å². The number of nitrogens with two attached hydrogens (primary N) is 1. The van der Waals surface area contributed by atoms with Gasteiger partial charge in [-0.2, -0.15) is 0 Å². The van der Waals surface area contributed by atoms with E-state index in [9.17, 15) is 9.59 Å². The van der Waals surface area contributed by atoms with E-state index in [1.54, 1.807) is 36.4 Å². The summed E-state index contributed by atoms with van der Waals surface area (Å²) in [5, 5.41) is 3.19. The number of ether oxygens (including phenoxy) is 1. The number of halogens is 1. The van der Waals surface area contributed by atoms with Crippen molar-refractivity contribution < 1.29 is 14.3 Å². The molecule has 114 valence electrons. The fraction of sp³-hybridized carbons (Fsp3) is 0.125. The lowest BCUT2D eigenvalue weighted by Gasteiger charge is -2.10. The van der Waals surface area contributed by atoms with Gasteiger partial charge in [-0.25, -0.2) is 0 Å². The van der Waals surface area contributed by atoms with E-state index < -0.39 is 5.91 Å². The van der Waals surface area contributed by atoms with E-state index >= 15 is 0 Å². The normalized spacial score (nSPS) is 10.1. The average molecular weight is 319 g/mol. The first-order valence-electron chi connectivity index (χ1n) is 6.51. The molecule has 2 aromatic carbocycles. The Kier molecular flexibility index (Phi) is 5.01. The summed E-state index contributed by atoms with van der Waals surface area (Å²) in [6, 6.07) is 11.7. The van der Waals surface area contributed by atoms with Crippen molar-refractivity contribution >= 4 is 29.1 Å². The third-order valence-electron chi connectivity index (χ3n) is 3.00. The summed E-state index contributed by atoms with van der Waals surface area (Å²) in [4.78, 5) is 23.1. The van der Waals surface area contributed by atoms with Crippen LogP contribution in [0.1, 0.15) is 15.9 Å². The fourth-order valence-corrected chi connectivity index (χ4v) is 2.14. The molecule has 6 heteroatoms. The summed E-state index contributed by atoms with van der Waals surface area (Å²) < 4.78 is 5.15. The minimum Gasteiger partial charge on any atom is -0.496 e. The Labute approximate surface area is 133 Å². The van der Waals surface area contributed by atoms with Crippen LogP contribution in [-0.2, 0) is 11.2 Å². The predicted molar refractivity (Wildman–Crippen MR) is 85.3 cm³/mol. The van der Waals surface area contributed by atoms with Crippen LogP contribution in [0.4, 0.5) is 5.69 Å². The van der Waals surface area contributed by atoms with Crippen LogP contribution in [0, 0.1) is 0 Å². The lowest BCUT2D eigenvalue weighted by molar-refractivity contribution is -0.117. The molecule has 22 heavy (non-hydrogen) atoms. The molecular weight excluding hydrogens is 304 g/mol. The van der Waals surface area contributed by atoms with Crippen LogP contribution in [0.5, 0.6) is 5.75 Å². The van der Waals surface area contributed by atoms with Gasteiger partial charge in [0.05, 0.1) is 19.1 Å². The number of methoxy groups -OCH3 is 1. The summed E-state index contributed by atoms with van der Waals surface area (Å²) in [5.41, 5.74) is 6.85. The molecule has 0 fully saturated rings. The number of hydrogen-bond donors (Lipinski definition) is 2. The molecule has 0 radical (unpaired) electrons. The number of rotatable bonds is 5. The smallest absolute Gasteiger partial charge is 0.259 e. The molecule has 0 aliphatic carbocycles. The van der Waals surface area contributed by atoms with Gasteiger partial charge in [0.2, 0.25) is 5.91 Å². The van der Waals surface area contributed by atoms with Gasteiger partial charge in [0, 0.05) is 10.7 Å². The number of primary amides is 1. The van der Waals surface area contributed by atoms with Gasteiger partial charge in [-0.15, -0.1) is 0 Å². The molecular formula is C16H15ClN2O3. The second-order valence-electron chi connectivity index (χ2n) is 4.64. The van der Waals surface area contributed by atoms with Crippen molar-refractivity contribution in [2.45, 2.75) is 6.42 Å². The van der Waals surface area contributed by atoms with Crippen LogP contribution < -0.4 is 15.8 Å². The maximum atomic E-state index is 12.3. The molecule has 0 aliphatic rings.